The molecule has 5 nitrogen and oxygen atoms in total. The van der Waals surface area contributed by atoms with Crippen LogP contribution in [0.15, 0.2) is 24.3 Å². The standard InChI is InChI=1S/C22H29Cl2N3O2/c1-16-3-4-17(2)27(16)14-13-26-12-11-25(10-9-22(26)29)21(28)8-6-18-5-7-19(23)20(24)15-18/h5-8,15-17H,3-4,9-14H2,1-2H3/b8-6+/t16-,17-/m1/s1. The van der Waals surface area contributed by atoms with Crippen LogP contribution in [0.25, 0.3) is 6.08 Å². The Morgan fingerprint density at radius 3 is 2.48 bits per heavy atom. The van der Waals surface area contributed by atoms with Crippen molar-refractivity contribution in [1.29, 1.82) is 0 Å². The smallest absolute Gasteiger partial charge is 0.246 e. The van der Waals surface area contributed by atoms with Crippen molar-refractivity contribution in [3.63, 3.8) is 0 Å². The molecule has 3 rings (SSSR count). The third kappa shape index (κ3) is 5.74. The van der Waals surface area contributed by atoms with Gasteiger partial charge in [-0.15, -0.1) is 0 Å². The van der Waals surface area contributed by atoms with E-state index in [2.05, 4.69) is 18.7 Å². The molecule has 2 atom stereocenters. The Hall–Kier alpha value is -1.56. The van der Waals surface area contributed by atoms with Crippen LogP contribution in [-0.2, 0) is 9.59 Å². The molecule has 0 spiro atoms. The first-order valence-electron chi connectivity index (χ1n) is 10.3. The fraction of sp³-hybridized carbons (Fsp3) is 0.545. The molecule has 0 N–H and O–H groups in total. The molecule has 0 radical (unpaired) electrons. The Labute approximate surface area is 183 Å². The van der Waals surface area contributed by atoms with Crippen molar-refractivity contribution in [3.05, 3.63) is 39.9 Å². The summed E-state index contributed by atoms with van der Waals surface area (Å²) in [6.07, 6.45) is 6.08. The molecule has 2 aliphatic heterocycles. The highest BCUT2D eigenvalue weighted by atomic mass is 35.5. The quantitative estimate of drug-likeness (QED) is 0.655. The maximum Gasteiger partial charge on any atom is 0.246 e. The Balaban J connectivity index is 1.53. The minimum Gasteiger partial charge on any atom is -0.340 e. The van der Waals surface area contributed by atoms with E-state index in [0.717, 1.165) is 18.7 Å². The largest absolute Gasteiger partial charge is 0.340 e. The van der Waals surface area contributed by atoms with Gasteiger partial charge in [0.25, 0.3) is 0 Å². The van der Waals surface area contributed by atoms with Crippen LogP contribution in [-0.4, -0.2) is 71.3 Å². The van der Waals surface area contributed by atoms with Gasteiger partial charge < -0.3 is 9.80 Å². The monoisotopic (exact) mass is 437 g/mol. The van der Waals surface area contributed by atoms with Crippen LogP contribution in [0.3, 0.4) is 0 Å². The van der Waals surface area contributed by atoms with E-state index in [0.29, 0.717) is 48.2 Å². The molecule has 2 saturated heterocycles. The van der Waals surface area contributed by atoms with E-state index in [1.165, 1.54) is 18.9 Å². The van der Waals surface area contributed by atoms with Crippen molar-refractivity contribution >= 4 is 41.1 Å². The van der Waals surface area contributed by atoms with Gasteiger partial charge in [-0.25, -0.2) is 0 Å². The fourth-order valence-electron chi connectivity index (χ4n) is 4.14. The summed E-state index contributed by atoms with van der Waals surface area (Å²) in [7, 11) is 0. The molecular weight excluding hydrogens is 409 g/mol. The Morgan fingerprint density at radius 1 is 1.07 bits per heavy atom. The lowest BCUT2D eigenvalue weighted by Gasteiger charge is -2.29. The fourth-order valence-corrected chi connectivity index (χ4v) is 4.44. The van der Waals surface area contributed by atoms with Crippen molar-refractivity contribution < 1.29 is 9.59 Å². The van der Waals surface area contributed by atoms with E-state index in [-0.39, 0.29) is 11.8 Å². The molecule has 1 aromatic rings. The molecule has 0 aliphatic carbocycles. The van der Waals surface area contributed by atoms with E-state index < -0.39 is 0 Å². The molecule has 2 fully saturated rings. The van der Waals surface area contributed by atoms with Gasteiger partial charge in [0.15, 0.2) is 0 Å². The molecule has 1 aromatic carbocycles. The molecule has 0 saturated carbocycles. The van der Waals surface area contributed by atoms with E-state index in [9.17, 15) is 9.59 Å². The summed E-state index contributed by atoms with van der Waals surface area (Å²) in [5.41, 5.74) is 0.814. The molecule has 0 aromatic heterocycles. The van der Waals surface area contributed by atoms with Crippen LogP contribution in [0.1, 0.15) is 38.7 Å². The second kappa shape index (κ2) is 9.96. The van der Waals surface area contributed by atoms with Gasteiger partial charge in [0.05, 0.1) is 10.0 Å². The molecule has 7 heteroatoms. The number of hydrogen-bond donors (Lipinski definition) is 0. The summed E-state index contributed by atoms with van der Waals surface area (Å²) in [6, 6.07) is 6.40. The first-order chi connectivity index (χ1) is 13.8. The van der Waals surface area contributed by atoms with Gasteiger partial charge >= 0.3 is 0 Å². The van der Waals surface area contributed by atoms with Crippen LogP contribution < -0.4 is 0 Å². The summed E-state index contributed by atoms with van der Waals surface area (Å²) < 4.78 is 0. The van der Waals surface area contributed by atoms with Gasteiger partial charge in [-0.2, -0.15) is 0 Å². The Bertz CT molecular complexity index is 773. The second-order valence-corrected chi connectivity index (χ2v) is 8.79. The van der Waals surface area contributed by atoms with Crippen LogP contribution >= 0.6 is 23.2 Å². The van der Waals surface area contributed by atoms with Crippen molar-refractivity contribution in [3.8, 4) is 0 Å². The summed E-state index contributed by atoms with van der Waals surface area (Å²) in [4.78, 5) is 31.2. The lowest BCUT2D eigenvalue weighted by atomic mass is 10.2. The minimum absolute atomic E-state index is 0.0903. The van der Waals surface area contributed by atoms with E-state index in [1.807, 2.05) is 11.0 Å². The highest BCUT2D eigenvalue weighted by Gasteiger charge is 2.29. The van der Waals surface area contributed by atoms with Crippen molar-refractivity contribution in [1.82, 2.24) is 14.7 Å². The third-order valence-electron chi connectivity index (χ3n) is 6.02. The van der Waals surface area contributed by atoms with E-state index in [4.69, 9.17) is 23.2 Å². The van der Waals surface area contributed by atoms with Crippen molar-refractivity contribution in [2.45, 2.75) is 45.2 Å². The number of carbonyl (C=O) groups excluding carboxylic acids is 2. The van der Waals surface area contributed by atoms with Crippen LogP contribution in [0.4, 0.5) is 0 Å². The number of benzene rings is 1. The maximum absolute atomic E-state index is 12.6. The van der Waals surface area contributed by atoms with E-state index >= 15 is 0 Å². The SMILES string of the molecule is C[C@@H]1CC[C@@H](C)N1CCN1CCN(C(=O)/C=C/c2ccc(Cl)c(Cl)c2)CCC1=O. The summed E-state index contributed by atoms with van der Waals surface area (Å²) in [6.45, 7) is 7.75. The van der Waals surface area contributed by atoms with Crippen molar-refractivity contribution in [2.24, 2.45) is 0 Å². The number of halogens is 2. The second-order valence-electron chi connectivity index (χ2n) is 7.98. The molecule has 158 valence electrons. The van der Waals surface area contributed by atoms with Gasteiger partial charge in [0, 0.05) is 57.3 Å². The summed E-state index contributed by atoms with van der Waals surface area (Å²) in [5.74, 6) is 0.0424. The van der Waals surface area contributed by atoms with Crippen molar-refractivity contribution in [2.75, 3.05) is 32.7 Å². The number of hydrogen-bond acceptors (Lipinski definition) is 3. The number of carbonyl (C=O) groups is 2. The van der Waals surface area contributed by atoms with E-state index in [1.54, 1.807) is 23.1 Å². The van der Waals surface area contributed by atoms with Gasteiger partial charge in [-0.3, -0.25) is 14.5 Å². The minimum atomic E-state index is -0.0903. The number of likely N-dealkylation sites (tertiary alicyclic amines) is 1. The predicted octanol–water partition coefficient (Wildman–Crippen LogP) is 3.94. The number of amides is 2. The Kier molecular flexibility index (Phi) is 7.60. The summed E-state index contributed by atoms with van der Waals surface area (Å²) in [5, 5.41) is 0.942. The molecule has 0 unspecified atom stereocenters. The first kappa shape index (κ1) is 22.1. The highest BCUT2D eigenvalue weighted by molar-refractivity contribution is 6.42. The van der Waals surface area contributed by atoms with Gasteiger partial charge in [-0.1, -0.05) is 29.3 Å². The first-order valence-corrected chi connectivity index (χ1v) is 11.1. The average molecular weight is 438 g/mol. The molecule has 0 bridgehead atoms. The number of rotatable bonds is 5. The average Bonchev–Trinajstić information content (AvgIpc) is 2.90. The molecule has 2 aliphatic rings. The lowest BCUT2D eigenvalue weighted by molar-refractivity contribution is -0.130. The predicted molar refractivity (Wildman–Crippen MR) is 118 cm³/mol. The van der Waals surface area contributed by atoms with Crippen LogP contribution in [0.5, 0.6) is 0 Å². The molecular formula is C22H29Cl2N3O2. The lowest BCUT2D eigenvalue weighted by Crippen LogP contribution is -2.42. The van der Waals surface area contributed by atoms with Gasteiger partial charge in [0.1, 0.15) is 0 Å². The molecule has 2 amide bonds. The van der Waals surface area contributed by atoms with Gasteiger partial charge in [-0.05, 0) is 50.5 Å². The zero-order valence-electron chi connectivity index (χ0n) is 17.1. The maximum atomic E-state index is 12.6. The molecule has 29 heavy (non-hydrogen) atoms. The number of nitrogens with zero attached hydrogens (tertiary/aromatic N) is 3. The van der Waals surface area contributed by atoms with Crippen LogP contribution in [0.2, 0.25) is 10.0 Å². The van der Waals surface area contributed by atoms with Crippen LogP contribution in [0, 0.1) is 0 Å². The highest BCUT2D eigenvalue weighted by Crippen LogP contribution is 2.24. The normalized spacial score (nSPS) is 23.8. The summed E-state index contributed by atoms with van der Waals surface area (Å²) >= 11 is 11.9. The Morgan fingerprint density at radius 2 is 1.79 bits per heavy atom. The molecule has 2 heterocycles. The third-order valence-corrected chi connectivity index (χ3v) is 6.76. The van der Waals surface area contributed by atoms with Gasteiger partial charge in [0.2, 0.25) is 11.8 Å². The topological polar surface area (TPSA) is 43.9 Å². The zero-order valence-corrected chi connectivity index (χ0v) is 18.6. The zero-order chi connectivity index (χ0) is 21.0.